The molecular weight excluding hydrogens is 248 g/mol. The lowest BCUT2D eigenvalue weighted by Crippen LogP contribution is -2.20. The van der Waals surface area contributed by atoms with Crippen molar-refractivity contribution in [1.29, 1.82) is 0 Å². The van der Waals surface area contributed by atoms with Gasteiger partial charge in [-0.3, -0.25) is 4.99 Å². The Balaban J connectivity index is 2.07. The largest absolute Gasteiger partial charge is 0.480 e. The fourth-order valence-electron chi connectivity index (χ4n) is 1.49. The first-order valence-corrected chi connectivity index (χ1v) is 6.38. The molecule has 1 aromatic heterocycles. The molecule has 0 aliphatic rings. The Bertz CT molecular complexity index is 523. The lowest BCUT2D eigenvalue weighted by molar-refractivity contribution is -0.138. The van der Waals surface area contributed by atoms with E-state index in [1.54, 1.807) is 5.51 Å². The predicted molar refractivity (Wildman–Crippen MR) is 71.3 cm³/mol. The Morgan fingerprint density at radius 1 is 1.44 bits per heavy atom. The molecule has 1 unspecified atom stereocenters. The second-order valence-corrected chi connectivity index (χ2v) is 4.45. The molecule has 2 rings (SSSR count). The van der Waals surface area contributed by atoms with E-state index in [1.165, 1.54) is 17.6 Å². The summed E-state index contributed by atoms with van der Waals surface area (Å²) in [5.74, 6) is -0.926. The SMILES string of the molecule is O=C(O)C(Cc1ccccc1)/N=C/c1cscn1. The topological polar surface area (TPSA) is 62.5 Å². The van der Waals surface area contributed by atoms with Gasteiger partial charge in [0, 0.05) is 18.0 Å². The maximum absolute atomic E-state index is 11.1. The van der Waals surface area contributed by atoms with Crippen molar-refractivity contribution in [3.63, 3.8) is 0 Å². The van der Waals surface area contributed by atoms with Gasteiger partial charge in [-0.15, -0.1) is 11.3 Å². The van der Waals surface area contributed by atoms with Gasteiger partial charge in [0.2, 0.25) is 0 Å². The summed E-state index contributed by atoms with van der Waals surface area (Å²) in [4.78, 5) is 19.2. The van der Waals surface area contributed by atoms with Crippen molar-refractivity contribution in [3.05, 3.63) is 52.5 Å². The molecule has 18 heavy (non-hydrogen) atoms. The van der Waals surface area contributed by atoms with E-state index in [2.05, 4.69) is 9.98 Å². The van der Waals surface area contributed by atoms with E-state index in [0.717, 1.165) is 5.56 Å². The smallest absolute Gasteiger partial charge is 0.328 e. The van der Waals surface area contributed by atoms with Crippen LogP contribution in [0.25, 0.3) is 0 Å². The molecule has 4 nitrogen and oxygen atoms in total. The molecule has 1 atom stereocenters. The normalized spacial score (nSPS) is 12.7. The summed E-state index contributed by atoms with van der Waals surface area (Å²) in [7, 11) is 0. The van der Waals surface area contributed by atoms with E-state index < -0.39 is 12.0 Å². The highest BCUT2D eigenvalue weighted by Crippen LogP contribution is 2.07. The fraction of sp³-hybridized carbons (Fsp3) is 0.154. The van der Waals surface area contributed by atoms with Crippen molar-refractivity contribution in [2.24, 2.45) is 4.99 Å². The molecule has 0 saturated carbocycles. The average Bonchev–Trinajstić information content (AvgIpc) is 2.88. The number of thiazole rings is 1. The monoisotopic (exact) mass is 260 g/mol. The lowest BCUT2D eigenvalue weighted by Gasteiger charge is -2.06. The zero-order chi connectivity index (χ0) is 12.8. The second-order valence-electron chi connectivity index (χ2n) is 3.74. The quantitative estimate of drug-likeness (QED) is 0.839. The van der Waals surface area contributed by atoms with Crippen molar-refractivity contribution in [2.75, 3.05) is 0 Å². The van der Waals surface area contributed by atoms with Crippen LogP contribution in [-0.4, -0.2) is 28.3 Å². The molecular formula is C13H12N2O2S. The first-order chi connectivity index (χ1) is 8.75. The highest BCUT2D eigenvalue weighted by Gasteiger charge is 2.15. The third kappa shape index (κ3) is 3.49. The summed E-state index contributed by atoms with van der Waals surface area (Å²) in [5.41, 5.74) is 3.34. The zero-order valence-electron chi connectivity index (χ0n) is 9.56. The summed E-state index contributed by atoms with van der Waals surface area (Å²) in [5, 5.41) is 11.0. The standard InChI is InChI=1S/C13H12N2O2S/c16-13(17)12(6-10-4-2-1-3-5-10)14-7-11-8-18-9-15-11/h1-5,7-9,12H,6H2,(H,16,17)/b14-7+. The molecule has 2 aromatic rings. The van der Waals surface area contributed by atoms with Crippen LogP contribution in [0.3, 0.4) is 0 Å². The van der Waals surface area contributed by atoms with Gasteiger partial charge >= 0.3 is 5.97 Å². The Morgan fingerprint density at radius 3 is 2.83 bits per heavy atom. The molecule has 0 aliphatic heterocycles. The van der Waals surface area contributed by atoms with E-state index in [1.807, 2.05) is 35.7 Å². The summed E-state index contributed by atoms with van der Waals surface area (Å²) in [6, 6.07) is 8.70. The highest BCUT2D eigenvalue weighted by molar-refractivity contribution is 7.07. The van der Waals surface area contributed by atoms with E-state index >= 15 is 0 Å². The number of aliphatic carboxylic acids is 1. The summed E-state index contributed by atoms with van der Waals surface area (Å²) in [6.45, 7) is 0. The number of rotatable bonds is 5. The van der Waals surface area contributed by atoms with Crippen LogP contribution in [0.1, 0.15) is 11.3 Å². The van der Waals surface area contributed by atoms with Crippen molar-refractivity contribution >= 4 is 23.5 Å². The van der Waals surface area contributed by atoms with Crippen LogP contribution >= 0.6 is 11.3 Å². The van der Waals surface area contributed by atoms with E-state index in [9.17, 15) is 4.79 Å². The van der Waals surface area contributed by atoms with Gasteiger partial charge < -0.3 is 5.11 Å². The van der Waals surface area contributed by atoms with Crippen LogP contribution in [-0.2, 0) is 11.2 Å². The van der Waals surface area contributed by atoms with Gasteiger partial charge in [0.15, 0.2) is 6.04 Å². The van der Waals surface area contributed by atoms with E-state index in [-0.39, 0.29) is 0 Å². The minimum atomic E-state index is -0.926. The van der Waals surface area contributed by atoms with Gasteiger partial charge in [-0.2, -0.15) is 0 Å². The van der Waals surface area contributed by atoms with Gasteiger partial charge in [0.05, 0.1) is 11.2 Å². The zero-order valence-corrected chi connectivity index (χ0v) is 10.4. The van der Waals surface area contributed by atoms with Gasteiger partial charge in [-0.25, -0.2) is 9.78 Å². The molecule has 0 fully saturated rings. The number of aliphatic imine (C=N–C) groups is 1. The Kier molecular flexibility index (Phi) is 4.20. The Hall–Kier alpha value is -2.01. The maximum Gasteiger partial charge on any atom is 0.328 e. The maximum atomic E-state index is 11.1. The number of benzene rings is 1. The Labute approximate surface area is 109 Å². The molecule has 92 valence electrons. The minimum Gasteiger partial charge on any atom is -0.480 e. The number of carbonyl (C=O) groups is 1. The first kappa shape index (κ1) is 12.4. The number of nitrogens with zero attached hydrogens (tertiary/aromatic N) is 2. The number of hydrogen-bond acceptors (Lipinski definition) is 4. The highest BCUT2D eigenvalue weighted by atomic mass is 32.1. The lowest BCUT2D eigenvalue weighted by atomic mass is 10.1. The van der Waals surface area contributed by atoms with Crippen LogP contribution in [0, 0.1) is 0 Å². The molecule has 0 amide bonds. The van der Waals surface area contributed by atoms with Gasteiger partial charge in [-0.05, 0) is 5.56 Å². The molecule has 0 bridgehead atoms. The predicted octanol–water partition coefficient (Wildman–Crippen LogP) is 2.26. The van der Waals surface area contributed by atoms with Gasteiger partial charge in [-0.1, -0.05) is 30.3 Å². The molecule has 1 heterocycles. The van der Waals surface area contributed by atoms with Gasteiger partial charge in [0.25, 0.3) is 0 Å². The molecule has 1 aromatic carbocycles. The molecule has 1 N–H and O–H groups in total. The Morgan fingerprint density at radius 2 is 2.22 bits per heavy atom. The van der Waals surface area contributed by atoms with Crippen LogP contribution < -0.4 is 0 Å². The van der Waals surface area contributed by atoms with Crippen molar-refractivity contribution in [2.45, 2.75) is 12.5 Å². The molecule has 0 radical (unpaired) electrons. The average molecular weight is 260 g/mol. The van der Waals surface area contributed by atoms with Crippen molar-refractivity contribution < 1.29 is 9.90 Å². The number of hydrogen-bond donors (Lipinski definition) is 1. The third-order valence-electron chi connectivity index (χ3n) is 2.40. The van der Waals surface area contributed by atoms with E-state index in [4.69, 9.17) is 5.11 Å². The molecule has 5 heteroatoms. The third-order valence-corrected chi connectivity index (χ3v) is 3.00. The molecule has 0 saturated heterocycles. The summed E-state index contributed by atoms with van der Waals surface area (Å²) in [6.07, 6.45) is 1.90. The number of carboxylic acids is 1. The number of carboxylic acid groups (broad SMARTS) is 1. The molecule has 0 aliphatic carbocycles. The van der Waals surface area contributed by atoms with Crippen molar-refractivity contribution in [1.82, 2.24) is 4.98 Å². The fourth-order valence-corrected chi connectivity index (χ4v) is 2.00. The van der Waals surface area contributed by atoms with Crippen molar-refractivity contribution in [3.8, 4) is 0 Å². The molecule has 0 spiro atoms. The minimum absolute atomic E-state index is 0.386. The number of aromatic nitrogens is 1. The second kappa shape index (κ2) is 6.07. The van der Waals surface area contributed by atoms with Crippen LogP contribution in [0.5, 0.6) is 0 Å². The van der Waals surface area contributed by atoms with Crippen LogP contribution in [0.4, 0.5) is 0 Å². The van der Waals surface area contributed by atoms with Crippen LogP contribution in [0.2, 0.25) is 0 Å². The van der Waals surface area contributed by atoms with E-state index in [0.29, 0.717) is 12.1 Å². The van der Waals surface area contributed by atoms with Gasteiger partial charge in [0.1, 0.15) is 0 Å². The summed E-state index contributed by atoms with van der Waals surface area (Å²) < 4.78 is 0. The van der Waals surface area contributed by atoms with Crippen LogP contribution in [0.15, 0.2) is 46.2 Å². The summed E-state index contributed by atoms with van der Waals surface area (Å²) >= 11 is 1.45. The first-order valence-electron chi connectivity index (χ1n) is 5.44.